The molecule has 34 heavy (non-hydrogen) atoms. The summed E-state index contributed by atoms with van der Waals surface area (Å²) in [5.41, 5.74) is 4.19. The second-order valence-electron chi connectivity index (χ2n) is 9.21. The minimum Gasteiger partial charge on any atom is -0.249 e. The van der Waals surface area contributed by atoms with Gasteiger partial charge in [-0.25, -0.2) is 4.44 Å². The first-order valence-corrected chi connectivity index (χ1v) is 15.0. The summed E-state index contributed by atoms with van der Waals surface area (Å²) in [6.45, 7) is 4.82. The van der Waals surface area contributed by atoms with E-state index in [0.717, 1.165) is 0 Å². The lowest BCUT2D eigenvalue weighted by atomic mass is 10.0. The van der Waals surface area contributed by atoms with E-state index >= 15 is 0 Å². The van der Waals surface area contributed by atoms with Gasteiger partial charge in [0, 0.05) is 25.4 Å². The van der Waals surface area contributed by atoms with Crippen molar-refractivity contribution in [2.45, 2.75) is 44.0 Å². The molecular formula is C31H33NP2. The highest BCUT2D eigenvalue weighted by Crippen LogP contribution is 2.76. The minimum absolute atomic E-state index is 0.452. The molecule has 1 saturated heterocycles. The van der Waals surface area contributed by atoms with E-state index in [1.165, 1.54) is 34.6 Å². The van der Waals surface area contributed by atoms with Crippen LogP contribution < -0.4 is 10.6 Å². The van der Waals surface area contributed by atoms with Crippen molar-refractivity contribution in [3.63, 3.8) is 0 Å². The van der Waals surface area contributed by atoms with Crippen LogP contribution in [0.1, 0.15) is 49.1 Å². The maximum atomic E-state index is 2.96. The van der Waals surface area contributed by atoms with Gasteiger partial charge in [-0.15, -0.1) is 0 Å². The van der Waals surface area contributed by atoms with Crippen LogP contribution in [0.5, 0.6) is 0 Å². The predicted molar refractivity (Wildman–Crippen MR) is 151 cm³/mol. The van der Waals surface area contributed by atoms with Crippen molar-refractivity contribution in [2.75, 3.05) is 0 Å². The maximum absolute atomic E-state index is 2.96. The molecule has 5 rings (SSSR count). The van der Waals surface area contributed by atoms with E-state index in [9.17, 15) is 0 Å². The zero-order valence-corrected chi connectivity index (χ0v) is 21.8. The monoisotopic (exact) mass is 481 g/mol. The number of hydrogen-bond acceptors (Lipinski definition) is 1. The Morgan fingerprint density at radius 3 is 1.29 bits per heavy atom. The molecule has 0 radical (unpaired) electrons. The molecule has 0 bridgehead atoms. The Morgan fingerprint density at radius 2 is 0.941 bits per heavy atom. The van der Waals surface area contributed by atoms with Gasteiger partial charge in [-0.1, -0.05) is 121 Å². The minimum atomic E-state index is -0.637. The van der Waals surface area contributed by atoms with Gasteiger partial charge in [-0.05, 0) is 56.5 Å². The largest absolute Gasteiger partial charge is 0.249 e. The van der Waals surface area contributed by atoms with Crippen LogP contribution in [0.15, 0.2) is 121 Å². The van der Waals surface area contributed by atoms with Crippen molar-refractivity contribution >= 4 is 26.8 Å². The third-order valence-corrected chi connectivity index (χ3v) is 13.6. The van der Waals surface area contributed by atoms with Gasteiger partial charge < -0.3 is 0 Å². The zero-order chi connectivity index (χ0) is 23.3. The van der Waals surface area contributed by atoms with Crippen LogP contribution in [0.4, 0.5) is 0 Å². The van der Waals surface area contributed by atoms with Crippen LogP contribution in [-0.4, -0.2) is 10.5 Å². The lowest BCUT2D eigenvalue weighted by Gasteiger charge is -2.45. The van der Waals surface area contributed by atoms with E-state index in [1.807, 2.05) is 0 Å². The van der Waals surface area contributed by atoms with Crippen LogP contribution in [0.3, 0.4) is 0 Å². The van der Waals surface area contributed by atoms with E-state index in [-0.39, 0.29) is 0 Å². The van der Waals surface area contributed by atoms with Crippen molar-refractivity contribution in [1.29, 1.82) is 0 Å². The van der Waals surface area contributed by atoms with Gasteiger partial charge >= 0.3 is 0 Å². The van der Waals surface area contributed by atoms with Crippen molar-refractivity contribution in [3.8, 4) is 0 Å². The highest BCUT2D eigenvalue weighted by molar-refractivity contribution is 7.79. The normalized spacial score (nSPS) is 20.3. The molecule has 0 aromatic heterocycles. The first kappa shape index (κ1) is 23.4. The van der Waals surface area contributed by atoms with E-state index in [4.69, 9.17) is 0 Å². The number of hydrogen-bond donors (Lipinski definition) is 0. The average molecular weight is 482 g/mol. The van der Waals surface area contributed by atoms with Crippen LogP contribution >= 0.6 is 16.1 Å². The third-order valence-electron chi connectivity index (χ3n) is 6.63. The second kappa shape index (κ2) is 11.0. The first-order valence-electron chi connectivity index (χ1n) is 12.3. The Hall–Kier alpha value is -2.30. The van der Waals surface area contributed by atoms with Gasteiger partial charge in [0.05, 0.1) is 0 Å². The first-order chi connectivity index (χ1) is 16.7. The Balaban J connectivity index is 1.67. The maximum Gasteiger partial charge on any atom is 0.0321 e. The molecule has 3 atom stereocenters. The van der Waals surface area contributed by atoms with E-state index < -0.39 is 16.1 Å². The molecule has 0 N–H and O–H groups in total. The molecule has 172 valence electrons. The lowest BCUT2D eigenvalue weighted by Crippen LogP contribution is -2.31. The number of nitrogens with zero attached hydrogens (tertiary/aromatic N) is 1. The SMILES string of the molecule is CC(C)N(P(c1ccccc1)c1ccccc1)P1C(c2ccccc2)CC[C@H]1c1ccccc1. The Morgan fingerprint density at radius 1 is 0.588 bits per heavy atom. The summed E-state index contributed by atoms with van der Waals surface area (Å²) in [5.74, 6) is 0. The number of benzene rings is 4. The molecule has 3 heteroatoms. The fourth-order valence-corrected chi connectivity index (χ4v) is 12.9. The molecule has 4 aromatic carbocycles. The summed E-state index contributed by atoms with van der Waals surface area (Å²) in [5, 5.41) is 2.90. The van der Waals surface area contributed by atoms with Crippen molar-refractivity contribution < 1.29 is 0 Å². The molecule has 1 fully saturated rings. The van der Waals surface area contributed by atoms with Crippen molar-refractivity contribution in [1.82, 2.24) is 4.44 Å². The highest BCUT2D eigenvalue weighted by Gasteiger charge is 2.45. The molecule has 0 aliphatic carbocycles. The highest BCUT2D eigenvalue weighted by atomic mass is 31.2. The summed E-state index contributed by atoms with van der Waals surface area (Å²) in [7, 11) is -1.09. The Kier molecular flexibility index (Phi) is 7.56. The van der Waals surface area contributed by atoms with Gasteiger partial charge in [0.25, 0.3) is 0 Å². The fraction of sp³-hybridized carbons (Fsp3) is 0.226. The third kappa shape index (κ3) is 4.89. The quantitative estimate of drug-likeness (QED) is 0.240. The van der Waals surface area contributed by atoms with Crippen LogP contribution in [-0.2, 0) is 0 Å². The lowest BCUT2D eigenvalue weighted by molar-refractivity contribution is 0.569. The smallest absolute Gasteiger partial charge is 0.0321 e. The molecule has 1 aliphatic rings. The van der Waals surface area contributed by atoms with Gasteiger partial charge in [0.1, 0.15) is 0 Å². The Labute approximate surface area is 207 Å². The van der Waals surface area contributed by atoms with Crippen molar-refractivity contribution in [3.05, 3.63) is 132 Å². The molecule has 0 spiro atoms. The summed E-state index contributed by atoms with van der Waals surface area (Å²) < 4.78 is 2.96. The average Bonchev–Trinajstić information content (AvgIpc) is 3.33. The van der Waals surface area contributed by atoms with Gasteiger partial charge in [0.2, 0.25) is 0 Å². The van der Waals surface area contributed by atoms with Crippen molar-refractivity contribution in [2.24, 2.45) is 0 Å². The molecule has 2 unspecified atom stereocenters. The van der Waals surface area contributed by atoms with E-state index in [0.29, 0.717) is 17.4 Å². The van der Waals surface area contributed by atoms with E-state index in [2.05, 4.69) is 140 Å². The zero-order valence-electron chi connectivity index (χ0n) is 20.0. The van der Waals surface area contributed by atoms with Crippen LogP contribution in [0.25, 0.3) is 0 Å². The molecule has 4 aromatic rings. The molecule has 0 amide bonds. The second-order valence-corrected chi connectivity index (χ2v) is 14.0. The summed E-state index contributed by atoms with van der Waals surface area (Å²) in [4.78, 5) is 0. The predicted octanol–water partition coefficient (Wildman–Crippen LogP) is 8.42. The summed E-state index contributed by atoms with van der Waals surface area (Å²) in [6.07, 6.45) is 2.51. The topological polar surface area (TPSA) is 3.24 Å². The summed E-state index contributed by atoms with van der Waals surface area (Å²) in [6, 6.07) is 45.5. The molecule has 1 nitrogen and oxygen atoms in total. The fourth-order valence-electron chi connectivity index (χ4n) is 5.20. The molecule has 1 aliphatic heterocycles. The van der Waals surface area contributed by atoms with Gasteiger partial charge in [-0.2, -0.15) is 0 Å². The van der Waals surface area contributed by atoms with Crippen LogP contribution in [0.2, 0.25) is 0 Å². The van der Waals surface area contributed by atoms with E-state index in [1.54, 1.807) is 0 Å². The number of rotatable bonds is 7. The summed E-state index contributed by atoms with van der Waals surface area (Å²) >= 11 is 0. The van der Waals surface area contributed by atoms with Crippen LogP contribution in [0, 0.1) is 0 Å². The standard InChI is InChI=1S/C31H33NP2/c1-25(2)32(33(28-19-11-5-12-20-28)29-21-13-6-14-22-29)34-30(26-15-7-3-8-16-26)23-24-31(34)27-17-9-4-10-18-27/h3-22,25,30-31H,23-24H2,1-2H3/t30-,31?,34?/m0/s1. The molecule has 0 saturated carbocycles. The van der Waals surface area contributed by atoms with Gasteiger partial charge in [0.15, 0.2) is 0 Å². The van der Waals surface area contributed by atoms with Gasteiger partial charge in [-0.3, -0.25) is 0 Å². The Bertz CT molecular complexity index is 1060. The molecule has 1 heterocycles. The molecular weight excluding hydrogens is 448 g/mol.